The van der Waals surface area contributed by atoms with Gasteiger partial charge in [0.05, 0.1) is 40.0 Å². The van der Waals surface area contributed by atoms with Gasteiger partial charge in [0, 0.05) is 38.2 Å². The van der Waals surface area contributed by atoms with Crippen LogP contribution in [-0.4, -0.2) is 95.0 Å². The fourth-order valence-corrected chi connectivity index (χ4v) is 7.56. The van der Waals surface area contributed by atoms with Crippen molar-refractivity contribution in [1.29, 1.82) is 0 Å². The number of aliphatic carboxylic acids is 4. The van der Waals surface area contributed by atoms with Gasteiger partial charge in [-0.05, 0) is 56.3 Å². The molecule has 0 aliphatic carbocycles. The topological polar surface area (TPSA) is 211 Å². The molecular formula is C32H33N5O9. The molecule has 0 radical (unpaired) electrons. The molecule has 5 rings (SSSR count). The van der Waals surface area contributed by atoms with Crippen LogP contribution in [0.2, 0.25) is 0 Å². The normalized spacial score (nSPS) is 25.0. The summed E-state index contributed by atoms with van der Waals surface area (Å²) >= 11 is 0. The van der Waals surface area contributed by atoms with Crippen LogP contribution in [0.1, 0.15) is 42.0 Å². The van der Waals surface area contributed by atoms with E-state index in [9.17, 15) is 39.6 Å². The Labute approximate surface area is 263 Å². The molecule has 4 N–H and O–H groups in total. The van der Waals surface area contributed by atoms with Crippen molar-refractivity contribution in [2.24, 2.45) is 22.7 Å². The highest BCUT2D eigenvalue weighted by atomic mass is 16.4. The molecular weight excluding hydrogens is 598 g/mol. The van der Waals surface area contributed by atoms with E-state index in [1.54, 1.807) is 72.7 Å². The summed E-state index contributed by atoms with van der Waals surface area (Å²) in [5, 5.41) is 40.2. The first kappa shape index (κ1) is 32.3. The van der Waals surface area contributed by atoms with Crippen molar-refractivity contribution in [2.45, 2.75) is 31.5 Å². The number of carboxylic acid groups (broad SMARTS) is 4. The molecule has 4 unspecified atom stereocenters. The van der Waals surface area contributed by atoms with E-state index in [1.165, 1.54) is 12.4 Å². The number of ketones is 1. The van der Waals surface area contributed by atoms with E-state index in [0.717, 1.165) is 0 Å². The lowest BCUT2D eigenvalue weighted by atomic mass is 9.51. The van der Waals surface area contributed by atoms with E-state index in [2.05, 4.69) is 15.0 Å². The van der Waals surface area contributed by atoms with Gasteiger partial charge in [0.2, 0.25) is 0 Å². The lowest BCUT2D eigenvalue weighted by Gasteiger charge is -2.64. The van der Waals surface area contributed by atoms with Gasteiger partial charge in [-0.2, -0.15) is 0 Å². The summed E-state index contributed by atoms with van der Waals surface area (Å²) in [5.41, 5.74) is -2.31. The van der Waals surface area contributed by atoms with E-state index in [1.807, 2.05) is 4.90 Å². The average Bonchev–Trinajstić information content (AvgIpc) is 3.01. The predicted octanol–water partition coefficient (Wildman–Crippen LogP) is 2.01. The van der Waals surface area contributed by atoms with Gasteiger partial charge in [-0.25, -0.2) is 0 Å². The molecule has 0 aromatic carbocycles. The molecule has 2 aliphatic rings. The molecule has 240 valence electrons. The van der Waals surface area contributed by atoms with Gasteiger partial charge in [0.1, 0.15) is 0 Å². The van der Waals surface area contributed by atoms with Crippen molar-refractivity contribution in [3.05, 3.63) is 90.3 Å². The number of hydrogen-bond acceptors (Lipinski definition) is 10. The molecule has 3 aromatic rings. The summed E-state index contributed by atoms with van der Waals surface area (Å²) in [4.78, 5) is 82.0. The van der Waals surface area contributed by atoms with Crippen molar-refractivity contribution in [1.82, 2.24) is 24.8 Å². The van der Waals surface area contributed by atoms with Crippen molar-refractivity contribution >= 4 is 29.7 Å². The minimum Gasteiger partial charge on any atom is -0.481 e. The minimum atomic E-state index is -2.02. The predicted molar refractivity (Wildman–Crippen MR) is 158 cm³/mol. The molecule has 0 saturated carbocycles. The summed E-state index contributed by atoms with van der Waals surface area (Å²) in [6.45, 7) is -0.139. The van der Waals surface area contributed by atoms with Crippen molar-refractivity contribution < 1.29 is 44.4 Å². The first-order valence-corrected chi connectivity index (χ1v) is 14.5. The number of nitrogens with zero attached hydrogens (tertiary/aromatic N) is 5. The Morgan fingerprint density at radius 2 is 1.13 bits per heavy atom. The fraction of sp³-hybridized carbons (Fsp3) is 0.375. The number of pyridine rings is 3. The minimum absolute atomic E-state index is 0.126. The summed E-state index contributed by atoms with van der Waals surface area (Å²) in [7, 11) is 1.66. The number of Topliss-reactive ketones (excluding diaryl/α,β-unsaturated/α-hetero) is 1. The third kappa shape index (κ3) is 5.72. The highest BCUT2D eigenvalue weighted by Crippen LogP contribution is 2.63. The van der Waals surface area contributed by atoms with Crippen molar-refractivity contribution in [3.63, 3.8) is 0 Å². The fourth-order valence-electron chi connectivity index (χ4n) is 7.56. The zero-order chi connectivity index (χ0) is 33.2. The van der Waals surface area contributed by atoms with Crippen LogP contribution < -0.4 is 0 Å². The van der Waals surface area contributed by atoms with Gasteiger partial charge in [-0.15, -0.1) is 0 Å². The number of carbonyl (C=O) groups is 5. The molecule has 2 aliphatic heterocycles. The van der Waals surface area contributed by atoms with Gasteiger partial charge < -0.3 is 20.4 Å². The highest BCUT2D eigenvalue weighted by molar-refractivity contribution is 5.99. The first-order valence-electron chi connectivity index (χ1n) is 14.5. The number of carbonyl (C=O) groups excluding carboxylic acids is 1. The van der Waals surface area contributed by atoms with Gasteiger partial charge in [-0.3, -0.25) is 48.7 Å². The Morgan fingerprint density at radius 1 is 0.717 bits per heavy atom. The van der Waals surface area contributed by atoms with Crippen LogP contribution >= 0.6 is 0 Å². The van der Waals surface area contributed by atoms with Crippen LogP contribution in [0.3, 0.4) is 0 Å². The second kappa shape index (κ2) is 12.7. The summed E-state index contributed by atoms with van der Waals surface area (Å²) in [5.74, 6) is -11.2. The maximum Gasteiger partial charge on any atom is 0.317 e. The quantitative estimate of drug-likeness (QED) is 0.211. The molecule has 2 bridgehead atoms. The Morgan fingerprint density at radius 3 is 1.48 bits per heavy atom. The average molecular weight is 632 g/mol. The van der Waals surface area contributed by atoms with E-state index in [4.69, 9.17) is 0 Å². The number of rotatable bonds is 12. The van der Waals surface area contributed by atoms with Crippen LogP contribution in [0.15, 0.2) is 73.2 Å². The largest absolute Gasteiger partial charge is 0.481 e. The molecule has 2 fully saturated rings. The standard InChI is InChI=1S/C32H33N5O9/c1-36-24(22-9-3-6-12-34-22)31(14-20(26(38)39)27(40)41)17-37(16-19-8-2-5-11-33-19)18-32(30(31)46,15-21(28(42)43)29(44)45)25(36)23-10-4-7-13-35-23/h2-13,20-21,24-25H,14-18H2,1H3,(H,38,39)(H,40,41)(H,42,43)(H,44,45). The molecule has 0 spiro atoms. The number of likely N-dealkylation sites (tertiary alicyclic amines) is 2. The molecule has 5 heterocycles. The highest BCUT2D eigenvalue weighted by Gasteiger charge is 2.70. The maximum atomic E-state index is 15.4. The maximum absolute atomic E-state index is 15.4. The summed E-state index contributed by atoms with van der Waals surface area (Å²) < 4.78 is 0. The SMILES string of the molecule is CN1C(c2ccccn2)C2(CC(C(=O)O)C(=O)O)CN(Cc3ccccn3)CC(CC(C(=O)O)C(=O)O)(C2=O)C1c1ccccn1. The number of fused-ring (bicyclic) bond motifs is 2. The second-order valence-corrected chi connectivity index (χ2v) is 12.0. The number of aromatic nitrogens is 3. The van der Waals surface area contributed by atoms with Gasteiger partial charge >= 0.3 is 23.9 Å². The Hall–Kier alpha value is -5.08. The number of hydrogen-bond donors (Lipinski definition) is 4. The third-order valence-electron chi connectivity index (χ3n) is 9.15. The van der Waals surface area contributed by atoms with Gasteiger partial charge in [0.15, 0.2) is 17.6 Å². The van der Waals surface area contributed by atoms with Gasteiger partial charge in [0.25, 0.3) is 0 Å². The van der Waals surface area contributed by atoms with Gasteiger partial charge in [-0.1, -0.05) is 18.2 Å². The Kier molecular flexibility index (Phi) is 8.94. The second-order valence-electron chi connectivity index (χ2n) is 12.0. The number of carboxylic acids is 4. The van der Waals surface area contributed by atoms with Crippen molar-refractivity contribution in [3.8, 4) is 0 Å². The monoisotopic (exact) mass is 631 g/mol. The van der Waals surface area contributed by atoms with Crippen LogP contribution in [0, 0.1) is 22.7 Å². The Balaban J connectivity index is 1.83. The molecule has 46 heavy (non-hydrogen) atoms. The summed E-state index contributed by atoms with van der Waals surface area (Å²) in [6, 6.07) is 13.2. The van der Waals surface area contributed by atoms with E-state index in [0.29, 0.717) is 17.1 Å². The van der Waals surface area contributed by atoms with E-state index in [-0.39, 0.29) is 19.6 Å². The van der Waals surface area contributed by atoms with Crippen molar-refractivity contribution in [2.75, 3.05) is 20.1 Å². The molecule has 14 heteroatoms. The lowest BCUT2D eigenvalue weighted by Crippen LogP contribution is -2.72. The van der Waals surface area contributed by atoms with Crippen LogP contribution in [0.5, 0.6) is 0 Å². The van der Waals surface area contributed by atoms with Crippen LogP contribution in [-0.2, 0) is 30.5 Å². The number of piperidine rings is 2. The van der Waals surface area contributed by atoms with Crippen LogP contribution in [0.25, 0.3) is 0 Å². The van der Waals surface area contributed by atoms with E-state index >= 15 is 4.79 Å². The lowest BCUT2D eigenvalue weighted by molar-refractivity contribution is -0.193. The third-order valence-corrected chi connectivity index (χ3v) is 9.15. The molecule has 0 amide bonds. The Bertz CT molecular complexity index is 1500. The zero-order valence-electron chi connectivity index (χ0n) is 24.8. The van der Waals surface area contributed by atoms with Crippen LogP contribution in [0.4, 0.5) is 0 Å². The molecule has 2 saturated heterocycles. The molecule has 3 aromatic heterocycles. The smallest absolute Gasteiger partial charge is 0.317 e. The van der Waals surface area contributed by atoms with E-state index < -0.39 is 77.3 Å². The summed E-state index contributed by atoms with van der Waals surface area (Å²) in [6.07, 6.45) is 3.26. The zero-order valence-corrected chi connectivity index (χ0v) is 24.8. The molecule has 14 nitrogen and oxygen atoms in total. The first-order chi connectivity index (χ1) is 21.9. The molecule has 4 atom stereocenters.